The van der Waals surface area contributed by atoms with Crippen molar-refractivity contribution in [3.63, 3.8) is 0 Å². The van der Waals surface area contributed by atoms with Crippen molar-refractivity contribution in [1.29, 1.82) is 0 Å². The number of allylic oxidation sites excluding steroid dienone is 1. The van der Waals surface area contributed by atoms with Crippen molar-refractivity contribution >= 4 is 55.7 Å². The Bertz CT molecular complexity index is 2630. The molecule has 0 aliphatic heterocycles. The van der Waals surface area contributed by atoms with Crippen LogP contribution in [-0.2, 0) is 6.42 Å². The lowest BCUT2D eigenvalue weighted by Crippen LogP contribution is -2.03. The van der Waals surface area contributed by atoms with Gasteiger partial charge in [-0.2, -0.15) is 14.6 Å². The van der Waals surface area contributed by atoms with Crippen LogP contribution in [0.1, 0.15) is 17.7 Å². The quantitative estimate of drug-likeness (QED) is 0.214. The van der Waals surface area contributed by atoms with Gasteiger partial charge in [0.1, 0.15) is 17.5 Å². The normalized spacial score (nSPS) is 13.2. The second kappa shape index (κ2) is 8.82. The van der Waals surface area contributed by atoms with E-state index in [1.54, 1.807) is 6.33 Å². The minimum absolute atomic E-state index is 0.783. The summed E-state index contributed by atoms with van der Waals surface area (Å²) in [5.74, 6) is 0.783. The number of rotatable bonds is 3. The Labute approximate surface area is 251 Å². The molecule has 0 saturated carbocycles. The number of imidazole rings is 1. The zero-order chi connectivity index (χ0) is 28.8. The van der Waals surface area contributed by atoms with Crippen LogP contribution in [0.3, 0.4) is 0 Å². The standard InChI is InChI=1S/C38H25N5O/c1-3-12-32-28(10-1)29-11-2-4-13-33(29)41(32)26-9-7-8-24(20-26)25-16-18-36-30(21-25)31-22-27(17-19-37(31)44-36)42-34-14-5-6-15-35(34)43-38(42)39-23-40-43/h1-3,5-12,14-23H,4,13H2. The third-order valence-electron chi connectivity index (χ3n) is 9.08. The van der Waals surface area contributed by atoms with Crippen molar-refractivity contribution in [2.45, 2.75) is 12.8 Å². The van der Waals surface area contributed by atoms with E-state index in [4.69, 9.17) is 4.42 Å². The van der Waals surface area contributed by atoms with Crippen LogP contribution in [0.15, 0.2) is 126 Å². The molecule has 5 aromatic carbocycles. The SMILES string of the molecule is C1=Cc2c(n(-c3cccc(-c4ccc5oc6ccc(-n7c8ccccc8n8ncnc78)cc6c5c4)c3)c3ccccc23)CC1. The van der Waals surface area contributed by atoms with Crippen LogP contribution >= 0.6 is 0 Å². The van der Waals surface area contributed by atoms with E-state index in [2.05, 4.69) is 128 Å². The molecule has 0 fully saturated rings. The summed E-state index contributed by atoms with van der Waals surface area (Å²) in [5.41, 5.74) is 12.3. The molecule has 6 heteroatoms. The molecule has 0 unspecified atom stereocenters. The maximum absolute atomic E-state index is 6.32. The predicted molar refractivity (Wildman–Crippen MR) is 177 cm³/mol. The number of hydrogen-bond acceptors (Lipinski definition) is 3. The maximum atomic E-state index is 6.32. The van der Waals surface area contributed by atoms with E-state index in [-0.39, 0.29) is 0 Å². The van der Waals surface area contributed by atoms with Gasteiger partial charge in [0.15, 0.2) is 0 Å². The van der Waals surface area contributed by atoms with Crippen molar-refractivity contribution in [3.8, 4) is 22.5 Å². The Kier molecular flexibility index (Phi) is 4.74. The van der Waals surface area contributed by atoms with Crippen LogP contribution in [0.2, 0.25) is 0 Å². The molecule has 10 rings (SSSR count). The topological polar surface area (TPSA) is 53.2 Å². The first kappa shape index (κ1) is 23.7. The highest BCUT2D eigenvalue weighted by molar-refractivity contribution is 6.07. The molecule has 0 radical (unpaired) electrons. The first-order valence-electron chi connectivity index (χ1n) is 15.0. The van der Waals surface area contributed by atoms with E-state index in [9.17, 15) is 0 Å². The van der Waals surface area contributed by atoms with Crippen molar-refractivity contribution < 1.29 is 4.42 Å². The van der Waals surface area contributed by atoms with Crippen molar-refractivity contribution in [3.05, 3.63) is 133 Å². The molecule has 4 aromatic heterocycles. The monoisotopic (exact) mass is 567 g/mol. The molecule has 6 nitrogen and oxygen atoms in total. The summed E-state index contributed by atoms with van der Waals surface area (Å²) in [5, 5.41) is 7.94. The van der Waals surface area contributed by atoms with E-state index in [1.165, 1.54) is 33.4 Å². The summed E-state index contributed by atoms with van der Waals surface area (Å²) in [6.07, 6.45) is 8.29. The number of fused-ring (bicyclic) bond motifs is 9. The van der Waals surface area contributed by atoms with E-state index < -0.39 is 0 Å². The number of aromatic nitrogens is 5. The molecule has 9 aromatic rings. The molecule has 0 saturated heterocycles. The van der Waals surface area contributed by atoms with Gasteiger partial charge in [0.2, 0.25) is 5.78 Å². The number of benzene rings is 5. The number of nitrogens with zero attached hydrogens (tertiary/aromatic N) is 5. The second-order valence-electron chi connectivity index (χ2n) is 11.5. The average Bonchev–Trinajstić information content (AvgIpc) is 3.84. The van der Waals surface area contributed by atoms with Crippen LogP contribution in [-0.4, -0.2) is 23.7 Å². The average molecular weight is 568 g/mol. The van der Waals surface area contributed by atoms with E-state index in [0.29, 0.717) is 0 Å². The molecule has 4 heterocycles. The molecule has 1 aliphatic carbocycles. The third kappa shape index (κ3) is 3.25. The highest BCUT2D eigenvalue weighted by Gasteiger charge is 2.19. The van der Waals surface area contributed by atoms with Gasteiger partial charge in [0.05, 0.1) is 22.2 Å². The summed E-state index contributed by atoms with van der Waals surface area (Å²) < 4.78 is 12.8. The van der Waals surface area contributed by atoms with Crippen molar-refractivity contribution in [2.75, 3.05) is 0 Å². The Hall–Kier alpha value is -5.88. The summed E-state index contributed by atoms with van der Waals surface area (Å²) in [7, 11) is 0. The largest absolute Gasteiger partial charge is 0.456 e. The minimum Gasteiger partial charge on any atom is -0.456 e. The first-order chi connectivity index (χ1) is 21.8. The number of para-hydroxylation sites is 3. The van der Waals surface area contributed by atoms with Gasteiger partial charge in [-0.05, 0) is 84.6 Å². The predicted octanol–water partition coefficient (Wildman–Crippen LogP) is 9.14. The molecule has 44 heavy (non-hydrogen) atoms. The molecular formula is C38H25N5O. The number of hydrogen-bond donors (Lipinski definition) is 0. The summed E-state index contributed by atoms with van der Waals surface area (Å²) in [6, 6.07) is 38.8. The highest BCUT2D eigenvalue weighted by Crippen LogP contribution is 2.37. The molecule has 1 aliphatic rings. The van der Waals surface area contributed by atoms with Gasteiger partial charge in [0.25, 0.3) is 0 Å². The maximum Gasteiger partial charge on any atom is 0.238 e. The molecule has 208 valence electrons. The fourth-order valence-corrected chi connectivity index (χ4v) is 7.13. The van der Waals surface area contributed by atoms with Crippen molar-refractivity contribution in [2.24, 2.45) is 0 Å². The summed E-state index contributed by atoms with van der Waals surface area (Å²) in [4.78, 5) is 4.58. The lowest BCUT2D eigenvalue weighted by atomic mass is 10.0. The van der Waals surface area contributed by atoms with Crippen LogP contribution in [0, 0.1) is 0 Å². The summed E-state index contributed by atoms with van der Waals surface area (Å²) in [6.45, 7) is 0. The van der Waals surface area contributed by atoms with Gasteiger partial charge in [-0.1, -0.05) is 60.7 Å². The fourth-order valence-electron chi connectivity index (χ4n) is 7.13. The van der Waals surface area contributed by atoms with Gasteiger partial charge in [0, 0.05) is 33.1 Å². The molecular weight excluding hydrogens is 542 g/mol. The highest BCUT2D eigenvalue weighted by atomic mass is 16.3. The zero-order valence-electron chi connectivity index (χ0n) is 23.7. The van der Waals surface area contributed by atoms with Gasteiger partial charge < -0.3 is 8.98 Å². The first-order valence-corrected chi connectivity index (χ1v) is 15.0. The van der Waals surface area contributed by atoms with Crippen LogP contribution in [0.5, 0.6) is 0 Å². The van der Waals surface area contributed by atoms with E-state index >= 15 is 0 Å². The number of furan rings is 1. The second-order valence-corrected chi connectivity index (χ2v) is 11.5. The van der Waals surface area contributed by atoms with E-state index in [0.717, 1.165) is 62.8 Å². The molecule has 0 bridgehead atoms. The Morgan fingerprint density at radius 3 is 2.32 bits per heavy atom. The summed E-state index contributed by atoms with van der Waals surface area (Å²) >= 11 is 0. The molecule has 0 spiro atoms. The van der Waals surface area contributed by atoms with Crippen molar-refractivity contribution in [1.82, 2.24) is 23.7 Å². The van der Waals surface area contributed by atoms with Crippen LogP contribution in [0.25, 0.3) is 78.2 Å². The minimum atomic E-state index is 0.783. The smallest absolute Gasteiger partial charge is 0.238 e. The van der Waals surface area contributed by atoms with Gasteiger partial charge >= 0.3 is 0 Å². The van der Waals surface area contributed by atoms with Crippen LogP contribution in [0.4, 0.5) is 0 Å². The molecule has 0 amide bonds. The third-order valence-corrected chi connectivity index (χ3v) is 9.08. The van der Waals surface area contributed by atoms with E-state index in [1.807, 2.05) is 16.6 Å². The van der Waals surface area contributed by atoms with Crippen LogP contribution < -0.4 is 0 Å². The Morgan fingerprint density at radius 1 is 0.614 bits per heavy atom. The Balaban J connectivity index is 1.14. The Morgan fingerprint density at radius 2 is 1.39 bits per heavy atom. The van der Waals surface area contributed by atoms with Gasteiger partial charge in [-0.15, -0.1) is 0 Å². The molecule has 0 atom stereocenters. The fraction of sp³-hybridized carbons (Fsp3) is 0.0526. The lowest BCUT2D eigenvalue weighted by molar-refractivity contribution is 0.669. The van der Waals surface area contributed by atoms with Gasteiger partial charge in [-0.3, -0.25) is 4.57 Å². The lowest BCUT2D eigenvalue weighted by Gasteiger charge is -2.14. The molecule has 0 N–H and O–H groups in total. The zero-order valence-corrected chi connectivity index (χ0v) is 23.7. The van der Waals surface area contributed by atoms with Gasteiger partial charge in [-0.25, -0.2) is 0 Å².